The molecule has 0 aromatic carbocycles. The first-order valence-electron chi connectivity index (χ1n) is 8.49. The summed E-state index contributed by atoms with van der Waals surface area (Å²) in [5.74, 6) is 0.280. The van der Waals surface area contributed by atoms with Crippen LogP contribution in [0.1, 0.15) is 47.7 Å². The number of nitrogens with one attached hydrogen (secondary N) is 1. The highest BCUT2D eigenvalue weighted by molar-refractivity contribution is 5.92. The number of aryl methyl sites for hydroxylation is 2. The van der Waals surface area contributed by atoms with Crippen molar-refractivity contribution < 1.29 is 14.7 Å². The number of carbonyl (C=O) groups excluding carboxylic acids is 1. The molecule has 1 amide bonds. The lowest BCUT2D eigenvalue weighted by atomic mass is 9.85. The summed E-state index contributed by atoms with van der Waals surface area (Å²) in [6.45, 7) is 4.56. The van der Waals surface area contributed by atoms with Crippen LogP contribution in [0.25, 0.3) is 0 Å². The molecule has 1 aromatic rings. The molecular formula is C17H24N4O3. The number of aliphatic carboxylic acids is 1. The van der Waals surface area contributed by atoms with Crippen LogP contribution < -0.4 is 5.32 Å². The van der Waals surface area contributed by atoms with Crippen LogP contribution in [-0.2, 0) is 4.79 Å². The number of carboxylic acids is 1. The Hall–Kier alpha value is -2.02. The molecule has 0 radical (unpaired) electrons. The second kappa shape index (κ2) is 6.84. The molecule has 7 heteroatoms. The van der Waals surface area contributed by atoms with Crippen LogP contribution in [0, 0.1) is 19.8 Å². The normalized spacial score (nSPS) is 23.0. The monoisotopic (exact) mass is 332 g/mol. The van der Waals surface area contributed by atoms with Crippen molar-refractivity contribution in [3.8, 4) is 0 Å². The molecule has 1 aromatic heterocycles. The second-order valence-electron chi connectivity index (χ2n) is 7.00. The fourth-order valence-electron chi connectivity index (χ4n) is 3.24. The van der Waals surface area contributed by atoms with Gasteiger partial charge in [-0.05, 0) is 51.5 Å². The zero-order chi connectivity index (χ0) is 17.3. The summed E-state index contributed by atoms with van der Waals surface area (Å²) in [5.41, 5.74) is 1.17. The van der Waals surface area contributed by atoms with Crippen molar-refractivity contribution in [1.29, 1.82) is 0 Å². The first-order valence-corrected chi connectivity index (χ1v) is 8.49. The fourth-order valence-corrected chi connectivity index (χ4v) is 3.24. The van der Waals surface area contributed by atoms with Crippen molar-refractivity contribution in [3.05, 3.63) is 23.3 Å². The topological polar surface area (TPSA) is 95.4 Å². The lowest BCUT2D eigenvalue weighted by molar-refractivity contribution is -0.139. The van der Waals surface area contributed by atoms with Crippen LogP contribution >= 0.6 is 0 Å². The van der Waals surface area contributed by atoms with Crippen molar-refractivity contribution in [1.82, 2.24) is 20.2 Å². The quantitative estimate of drug-likeness (QED) is 0.778. The molecule has 0 atom stereocenters. The smallest absolute Gasteiger partial charge is 0.317 e. The number of rotatable bonds is 7. The van der Waals surface area contributed by atoms with Crippen LogP contribution in [0.3, 0.4) is 0 Å². The molecule has 24 heavy (non-hydrogen) atoms. The Labute approximate surface area is 141 Å². The molecule has 3 rings (SSSR count). The Morgan fingerprint density at radius 1 is 1.29 bits per heavy atom. The number of amides is 1. The van der Waals surface area contributed by atoms with Crippen molar-refractivity contribution in [2.75, 3.05) is 13.1 Å². The van der Waals surface area contributed by atoms with Gasteiger partial charge < -0.3 is 10.4 Å². The minimum atomic E-state index is -0.782. The first-order chi connectivity index (χ1) is 11.4. The largest absolute Gasteiger partial charge is 0.480 e. The molecule has 7 nitrogen and oxygen atoms in total. The van der Waals surface area contributed by atoms with Crippen LogP contribution in [0.4, 0.5) is 0 Å². The van der Waals surface area contributed by atoms with Gasteiger partial charge in [-0.3, -0.25) is 14.5 Å². The van der Waals surface area contributed by atoms with Gasteiger partial charge in [0, 0.05) is 24.3 Å². The highest BCUT2D eigenvalue weighted by Gasteiger charge is 2.37. The van der Waals surface area contributed by atoms with Gasteiger partial charge in [-0.25, -0.2) is 9.97 Å². The van der Waals surface area contributed by atoms with Gasteiger partial charge in [-0.2, -0.15) is 0 Å². The molecule has 2 N–H and O–H groups in total. The van der Waals surface area contributed by atoms with E-state index in [-0.39, 0.29) is 24.5 Å². The number of hydrogen-bond acceptors (Lipinski definition) is 5. The van der Waals surface area contributed by atoms with Gasteiger partial charge in [-0.15, -0.1) is 0 Å². The molecule has 2 saturated carbocycles. The molecule has 2 fully saturated rings. The standard InChI is InChI=1S/C17H24N4O3/c1-10-5-15(19-11(2)18-10)17(24)20-13-6-14(7-13)21(9-16(22)23)8-12-3-4-12/h5,12-14H,3-4,6-9H2,1-2H3,(H,20,24)(H,22,23). The predicted molar refractivity (Wildman–Crippen MR) is 87.7 cm³/mol. The Bertz CT molecular complexity index is 618. The highest BCUT2D eigenvalue weighted by Crippen LogP contribution is 2.33. The summed E-state index contributed by atoms with van der Waals surface area (Å²) in [7, 11) is 0. The van der Waals surface area contributed by atoms with Gasteiger partial charge in [0.1, 0.15) is 11.5 Å². The van der Waals surface area contributed by atoms with Gasteiger partial charge in [0.2, 0.25) is 0 Å². The predicted octanol–water partition coefficient (Wildman–Crippen LogP) is 1.15. The number of hydrogen-bond donors (Lipinski definition) is 2. The van der Waals surface area contributed by atoms with Crippen LogP contribution in [0.5, 0.6) is 0 Å². The molecule has 0 saturated heterocycles. The van der Waals surface area contributed by atoms with Crippen LogP contribution in [0.2, 0.25) is 0 Å². The number of carboxylic acid groups (broad SMARTS) is 1. The van der Waals surface area contributed by atoms with Gasteiger partial charge in [-0.1, -0.05) is 0 Å². The molecular weight excluding hydrogens is 308 g/mol. The molecule has 0 bridgehead atoms. The van der Waals surface area contributed by atoms with Crippen molar-refractivity contribution in [2.45, 2.75) is 51.6 Å². The molecule has 2 aliphatic carbocycles. The molecule has 2 aliphatic rings. The average Bonchev–Trinajstić information content (AvgIpc) is 3.23. The Morgan fingerprint density at radius 3 is 2.58 bits per heavy atom. The maximum Gasteiger partial charge on any atom is 0.317 e. The minimum absolute atomic E-state index is 0.0894. The minimum Gasteiger partial charge on any atom is -0.480 e. The lowest BCUT2D eigenvalue weighted by Gasteiger charge is -2.42. The van der Waals surface area contributed by atoms with Crippen molar-refractivity contribution in [3.63, 3.8) is 0 Å². The Morgan fingerprint density at radius 2 is 2.00 bits per heavy atom. The van der Waals surface area contributed by atoms with Gasteiger partial charge in [0.15, 0.2) is 0 Å². The molecule has 1 heterocycles. The van der Waals surface area contributed by atoms with E-state index in [0.717, 1.165) is 25.1 Å². The summed E-state index contributed by atoms with van der Waals surface area (Å²) in [6, 6.07) is 2.02. The van der Waals surface area contributed by atoms with Crippen LogP contribution in [-0.4, -0.2) is 57.0 Å². The van der Waals surface area contributed by atoms with E-state index in [2.05, 4.69) is 20.2 Å². The van der Waals surface area contributed by atoms with Crippen molar-refractivity contribution in [2.24, 2.45) is 5.92 Å². The number of aromatic nitrogens is 2. The zero-order valence-electron chi connectivity index (χ0n) is 14.2. The summed E-state index contributed by atoms with van der Waals surface area (Å²) in [4.78, 5) is 33.7. The highest BCUT2D eigenvalue weighted by atomic mass is 16.4. The lowest BCUT2D eigenvalue weighted by Crippen LogP contribution is -2.55. The third-order valence-electron chi connectivity index (χ3n) is 4.69. The molecule has 0 spiro atoms. The third kappa shape index (κ3) is 4.29. The van der Waals surface area contributed by atoms with Gasteiger partial charge in [0.05, 0.1) is 6.54 Å². The maximum atomic E-state index is 12.3. The summed E-state index contributed by atoms with van der Waals surface area (Å²) >= 11 is 0. The van der Waals surface area contributed by atoms with E-state index in [9.17, 15) is 9.59 Å². The first kappa shape index (κ1) is 16.8. The molecule has 130 valence electrons. The SMILES string of the molecule is Cc1cc(C(=O)NC2CC(N(CC(=O)O)CC3CC3)C2)nc(C)n1. The molecule has 0 aliphatic heterocycles. The summed E-state index contributed by atoms with van der Waals surface area (Å²) in [6.07, 6.45) is 4.01. The van der Waals surface area contributed by atoms with Crippen LogP contribution in [0.15, 0.2) is 6.07 Å². The average molecular weight is 332 g/mol. The Balaban J connectivity index is 1.51. The Kier molecular flexibility index (Phi) is 4.80. The van der Waals surface area contributed by atoms with E-state index >= 15 is 0 Å². The van der Waals surface area contributed by atoms with E-state index < -0.39 is 5.97 Å². The van der Waals surface area contributed by atoms with Gasteiger partial charge in [0.25, 0.3) is 5.91 Å². The fraction of sp³-hybridized carbons (Fsp3) is 0.647. The third-order valence-corrected chi connectivity index (χ3v) is 4.69. The van der Waals surface area contributed by atoms with E-state index in [4.69, 9.17) is 5.11 Å². The van der Waals surface area contributed by atoms with Crippen molar-refractivity contribution >= 4 is 11.9 Å². The summed E-state index contributed by atoms with van der Waals surface area (Å²) < 4.78 is 0. The second-order valence-corrected chi connectivity index (χ2v) is 7.00. The number of carbonyl (C=O) groups is 2. The maximum absolute atomic E-state index is 12.3. The molecule has 0 unspecified atom stereocenters. The van der Waals surface area contributed by atoms with E-state index in [1.54, 1.807) is 13.0 Å². The zero-order valence-corrected chi connectivity index (χ0v) is 14.2. The van der Waals surface area contributed by atoms with Gasteiger partial charge >= 0.3 is 5.97 Å². The van der Waals surface area contributed by atoms with E-state index in [1.165, 1.54) is 12.8 Å². The number of nitrogens with zero attached hydrogens (tertiary/aromatic N) is 3. The van der Waals surface area contributed by atoms with E-state index in [1.807, 2.05) is 6.92 Å². The van der Waals surface area contributed by atoms with E-state index in [0.29, 0.717) is 17.4 Å². The summed E-state index contributed by atoms with van der Waals surface area (Å²) in [5, 5.41) is 12.1.